The van der Waals surface area contributed by atoms with Gasteiger partial charge in [0.05, 0.1) is 12.0 Å². The number of hydrogen-bond acceptors (Lipinski definition) is 4. The van der Waals surface area contributed by atoms with Gasteiger partial charge in [0.15, 0.2) is 0 Å². The van der Waals surface area contributed by atoms with E-state index in [1.165, 1.54) is 12.8 Å². The van der Waals surface area contributed by atoms with Crippen LogP contribution in [0.1, 0.15) is 50.1 Å². The highest BCUT2D eigenvalue weighted by atomic mass is 35.5. The third-order valence-corrected chi connectivity index (χ3v) is 6.34. The van der Waals surface area contributed by atoms with E-state index in [0.29, 0.717) is 19.1 Å². The maximum absolute atomic E-state index is 13.4. The molecule has 0 radical (unpaired) electrons. The highest BCUT2D eigenvalue weighted by Gasteiger charge is 2.36. The Morgan fingerprint density at radius 3 is 2.72 bits per heavy atom. The molecular formula is C21H32ClN5O2. The zero-order valence-electron chi connectivity index (χ0n) is 16.9. The van der Waals surface area contributed by atoms with Crippen molar-refractivity contribution in [2.75, 3.05) is 32.7 Å². The Morgan fingerprint density at radius 2 is 1.97 bits per heavy atom. The zero-order chi connectivity index (χ0) is 19.3. The third kappa shape index (κ3) is 5.20. The molecule has 1 aliphatic carbocycles. The second-order valence-electron chi connectivity index (χ2n) is 8.25. The molecule has 2 unspecified atom stereocenters. The number of aromatic nitrogens is 1. The molecular weight excluding hydrogens is 390 g/mol. The SMILES string of the molecule is Cl.O=C(NC1CCCC1)N1CCCC(C(=O)N2CCNCC2c2cccnc2)C1. The van der Waals surface area contributed by atoms with Gasteiger partial charge in [0.2, 0.25) is 5.91 Å². The van der Waals surface area contributed by atoms with Crippen LogP contribution in [-0.4, -0.2) is 65.5 Å². The second kappa shape index (κ2) is 10.3. The molecule has 1 aromatic heterocycles. The van der Waals surface area contributed by atoms with Crippen LogP contribution in [0, 0.1) is 5.92 Å². The summed E-state index contributed by atoms with van der Waals surface area (Å²) in [5, 5.41) is 6.56. The lowest BCUT2D eigenvalue weighted by Gasteiger charge is -2.40. The molecule has 1 aromatic rings. The molecule has 0 bridgehead atoms. The minimum absolute atomic E-state index is 0. The fourth-order valence-corrected chi connectivity index (χ4v) is 4.77. The van der Waals surface area contributed by atoms with Crippen molar-refractivity contribution < 1.29 is 9.59 Å². The van der Waals surface area contributed by atoms with Crippen molar-refractivity contribution >= 4 is 24.3 Å². The standard InChI is InChI=1S/C21H31N5O2.ClH/c27-20(26-12-10-23-14-19(26)16-5-3-9-22-13-16)17-6-4-11-25(15-17)21(28)24-18-7-1-2-8-18;/h3,5,9,13,17-19,23H,1-2,4,6-8,10-12,14-15H2,(H,24,28);1H. The number of urea groups is 1. The van der Waals surface area contributed by atoms with Gasteiger partial charge in [-0.05, 0) is 37.3 Å². The van der Waals surface area contributed by atoms with E-state index in [1.54, 1.807) is 6.20 Å². The Balaban J connectivity index is 0.00000240. The summed E-state index contributed by atoms with van der Waals surface area (Å²) in [6.45, 7) is 3.53. The molecule has 2 saturated heterocycles. The van der Waals surface area contributed by atoms with E-state index in [1.807, 2.05) is 28.1 Å². The number of piperazine rings is 1. The molecule has 3 aliphatic rings. The van der Waals surface area contributed by atoms with Crippen molar-refractivity contribution in [2.45, 2.75) is 50.6 Å². The Kier molecular flexibility index (Phi) is 7.72. The first-order valence-corrected chi connectivity index (χ1v) is 10.7. The number of carbonyl (C=O) groups is 2. The zero-order valence-corrected chi connectivity index (χ0v) is 17.7. The van der Waals surface area contributed by atoms with Crippen LogP contribution in [0.2, 0.25) is 0 Å². The minimum atomic E-state index is -0.111. The van der Waals surface area contributed by atoms with Gasteiger partial charge in [-0.25, -0.2) is 4.79 Å². The van der Waals surface area contributed by atoms with Crippen molar-refractivity contribution in [3.8, 4) is 0 Å². The number of likely N-dealkylation sites (tertiary alicyclic amines) is 1. The molecule has 4 rings (SSSR count). The molecule has 3 amide bonds. The number of carbonyl (C=O) groups excluding carboxylic acids is 2. The van der Waals surface area contributed by atoms with Gasteiger partial charge in [-0.15, -0.1) is 12.4 Å². The van der Waals surface area contributed by atoms with Crippen molar-refractivity contribution in [1.29, 1.82) is 0 Å². The topological polar surface area (TPSA) is 77.6 Å². The van der Waals surface area contributed by atoms with Crippen LogP contribution in [0.4, 0.5) is 4.79 Å². The van der Waals surface area contributed by atoms with E-state index in [-0.39, 0.29) is 36.3 Å². The number of nitrogens with one attached hydrogen (secondary N) is 2. The van der Waals surface area contributed by atoms with Crippen LogP contribution >= 0.6 is 12.4 Å². The lowest BCUT2D eigenvalue weighted by Crippen LogP contribution is -2.54. The number of pyridine rings is 1. The largest absolute Gasteiger partial charge is 0.335 e. The van der Waals surface area contributed by atoms with Gasteiger partial charge in [0.25, 0.3) is 0 Å². The molecule has 0 aromatic carbocycles. The van der Waals surface area contributed by atoms with Gasteiger partial charge in [0, 0.05) is 51.2 Å². The van der Waals surface area contributed by atoms with Gasteiger partial charge in [0.1, 0.15) is 0 Å². The summed E-state index contributed by atoms with van der Waals surface area (Å²) in [5.41, 5.74) is 1.06. The lowest BCUT2D eigenvalue weighted by molar-refractivity contribution is -0.140. The molecule has 2 atom stereocenters. The fraction of sp³-hybridized carbons (Fsp3) is 0.667. The van der Waals surface area contributed by atoms with Crippen LogP contribution in [0.15, 0.2) is 24.5 Å². The van der Waals surface area contributed by atoms with Gasteiger partial charge in [-0.3, -0.25) is 9.78 Å². The van der Waals surface area contributed by atoms with Crippen molar-refractivity contribution in [1.82, 2.24) is 25.4 Å². The van der Waals surface area contributed by atoms with Crippen LogP contribution in [0.25, 0.3) is 0 Å². The fourth-order valence-electron chi connectivity index (χ4n) is 4.77. The van der Waals surface area contributed by atoms with E-state index in [2.05, 4.69) is 15.6 Å². The lowest BCUT2D eigenvalue weighted by atomic mass is 9.94. The van der Waals surface area contributed by atoms with Gasteiger partial charge < -0.3 is 20.4 Å². The van der Waals surface area contributed by atoms with Crippen LogP contribution < -0.4 is 10.6 Å². The minimum Gasteiger partial charge on any atom is -0.335 e. The summed E-state index contributed by atoms with van der Waals surface area (Å²) in [6, 6.07) is 4.29. The molecule has 29 heavy (non-hydrogen) atoms. The quantitative estimate of drug-likeness (QED) is 0.785. The number of halogens is 1. The monoisotopic (exact) mass is 421 g/mol. The molecule has 3 fully saturated rings. The molecule has 8 heteroatoms. The van der Waals surface area contributed by atoms with Crippen molar-refractivity contribution in [3.05, 3.63) is 30.1 Å². The van der Waals surface area contributed by atoms with Gasteiger partial charge >= 0.3 is 6.03 Å². The number of piperidine rings is 1. The van der Waals surface area contributed by atoms with E-state index in [9.17, 15) is 9.59 Å². The number of hydrogen-bond donors (Lipinski definition) is 2. The van der Waals surface area contributed by atoms with E-state index in [4.69, 9.17) is 0 Å². The Labute approximate surface area is 179 Å². The van der Waals surface area contributed by atoms with Crippen LogP contribution in [-0.2, 0) is 4.79 Å². The molecule has 2 N–H and O–H groups in total. The van der Waals surface area contributed by atoms with Gasteiger partial charge in [-0.2, -0.15) is 0 Å². The average Bonchev–Trinajstić information content (AvgIpc) is 3.27. The molecule has 2 aliphatic heterocycles. The summed E-state index contributed by atoms with van der Waals surface area (Å²) in [6.07, 6.45) is 9.91. The first kappa shape index (κ1) is 21.8. The molecule has 7 nitrogen and oxygen atoms in total. The maximum Gasteiger partial charge on any atom is 0.317 e. The maximum atomic E-state index is 13.4. The normalized spacial score (nSPS) is 25.4. The molecule has 3 heterocycles. The van der Waals surface area contributed by atoms with Crippen molar-refractivity contribution in [2.24, 2.45) is 5.92 Å². The molecule has 0 spiro atoms. The number of amides is 3. The summed E-state index contributed by atoms with van der Waals surface area (Å²) in [7, 11) is 0. The highest BCUT2D eigenvalue weighted by Crippen LogP contribution is 2.27. The average molecular weight is 422 g/mol. The first-order chi connectivity index (χ1) is 13.7. The Morgan fingerprint density at radius 1 is 1.14 bits per heavy atom. The summed E-state index contributed by atoms with van der Waals surface area (Å²) >= 11 is 0. The van der Waals surface area contributed by atoms with Crippen LogP contribution in [0.5, 0.6) is 0 Å². The predicted octanol–water partition coefficient (Wildman–Crippen LogP) is 2.34. The molecule has 160 valence electrons. The first-order valence-electron chi connectivity index (χ1n) is 10.7. The second-order valence-corrected chi connectivity index (χ2v) is 8.25. The van der Waals surface area contributed by atoms with Gasteiger partial charge in [-0.1, -0.05) is 18.9 Å². The van der Waals surface area contributed by atoms with E-state index < -0.39 is 0 Å². The van der Waals surface area contributed by atoms with E-state index in [0.717, 1.165) is 50.9 Å². The van der Waals surface area contributed by atoms with Crippen molar-refractivity contribution in [3.63, 3.8) is 0 Å². The highest BCUT2D eigenvalue weighted by molar-refractivity contribution is 5.85. The summed E-state index contributed by atoms with van der Waals surface area (Å²) < 4.78 is 0. The predicted molar refractivity (Wildman–Crippen MR) is 114 cm³/mol. The van der Waals surface area contributed by atoms with E-state index >= 15 is 0 Å². The number of nitrogens with zero attached hydrogens (tertiary/aromatic N) is 3. The smallest absolute Gasteiger partial charge is 0.317 e. The number of rotatable bonds is 3. The summed E-state index contributed by atoms with van der Waals surface area (Å²) in [4.78, 5) is 34.1. The molecule has 1 saturated carbocycles. The third-order valence-electron chi connectivity index (χ3n) is 6.34. The Bertz CT molecular complexity index is 683. The summed E-state index contributed by atoms with van der Waals surface area (Å²) in [5.74, 6) is 0.0640. The Hall–Kier alpha value is -1.86. The van der Waals surface area contributed by atoms with Crippen LogP contribution in [0.3, 0.4) is 0 Å².